The van der Waals surface area contributed by atoms with Gasteiger partial charge in [-0.05, 0) is 30.5 Å². The molecule has 0 spiro atoms. The Morgan fingerprint density at radius 1 is 1.04 bits per heavy atom. The van der Waals surface area contributed by atoms with Gasteiger partial charge in [0.15, 0.2) is 0 Å². The fourth-order valence-corrected chi connectivity index (χ4v) is 2.93. The summed E-state index contributed by atoms with van der Waals surface area (Å²) in [5.41, 5.74) is 3.44. The van der Waals surface area contributed by atoms with E-state index >= 15 is 0 Å². The van der Waals surface area contributed by atoms with E-state index < -0.39 is 6.10 Å². The number of aryl methyl sites for hydroxylation is 1. The number of rotatable bonds is 12. The van der Waals surface area contributed by atoms with Crippen LogP contribution in [0, 0.1) is 6.92 Å². The van der Waals surface area contributed by atoms with Crippen LogP contribution in [-0.2, 0) is 9.47 Å². The van der Waals surface area contributed by atoms with Crippen molar-refractivity contribution in [2.45, 2.75) is 32.5 Å². The lowest BCUT2D eigenvalue weighted by Gasteiger charge is -2.22. The van der Waals surface area contributed by atoms with Crippen molar-refractivity contribution in [3.63, 3.8) is 0 Å². The van der Waals surface area contributed by atoms with Gasteiger partial charge in [-0.3, -0.25) is 0 Å². The molecule has 0 bridgehead atoms. The molecule has 0 saturated heterocycles. The lowest BCUT2D eigenvalue weighted by molar-refractivity contribution is -0.661. The van der Waals surface area contributed by atoms with Crippen molar-refractivity contribution in [2.75, 3.05) is 32.9 Å². The van der Waals surface area contributed by atoms with Crippen molar-refractivity contribution in [3.8, 4) is 0 Å². The van der Waals surface area contributed by atoms with E-state index in [2.05, 4.69) is 36.5 Å². The van der Waals surface area contributed by atoms with Gasteiger partial charge in [0.1, 0.15) is 18.8 Å². The first-order valence-electron chi connectivity index (χ1n) is 9.52. The summed E-state index contributed by atoms with van der Waals surface area (Å²) in [6, 6.07) is 18.4. The van der Waals surface area contributed by atoms with Crippen LogP contribution in [0.25, 0.3) is 0 Å². The fraction of sp³-hybridized carbons (Fsp3) is 0.455. The number of aliphatic hydroxyl groups is 1. The normalized spacial score (nSPS) is 13.5. The zero-order chi connectivity index (χ0) is 18.6. The molecule has 142 valence electrons. The van der Waals surface area contributed by atoms with Gasteiger partial charge in [0.05, 0.1) is 19.8 Å². The molecule has 4 nitrogen and oxygen atoms in total. The molecule has 0 aliphatic heterocycles. The maximum Gasteiger partial charge on any atom is 0.126 e. The lowest BCUT2D eigenvalue weighted by Crippen LogP contribution is -2.86. The molecule has 2 aromatic carbocycles. The average molecular weight is 359 g/mol. The number of hydrogen-bond acceptors (Lipinski definition) is 3. The number of nitrogens with two attached hydrogens (primary N) is 1. The Morgan fingerprint density at radius 3 is 2.50 bits per heavy atom. The molecule has 0 unspecified atom stereocenters. The molecule has 2 aromatic rings. The zero-order valence-corrected chi connectivity index (χ0v) is 15.9. The van der Waals surface area contributed by atoms with Gasteiger partial charge in [0, 0.05) is 13.0 Å². The molecule has 4 heteroatoms. The standard InChI is InChI=1S/C22H31NO3/c1-3-25-15-9-14-23-16-20(24)17-26-22(19-11-5-4-6-12-19)21-13-8-7-10-18(21)2/h4-8,10-13,20,22-24H,3,9,14-17H2,1-2H3/p+1/t20-,22-/m1/s1. The second kappa shape index (κ2) is 11.8. The zero-order valence-electron chi connectivity index (χ0n) is 15.9. The van der Waals surface area contributed by atoms with Gasteiger partial charge in [0.25, 0.3) is 0 Å². The first-order chi connectivity index (χ1) is 12.7. The third-order valence-corrected chi connectivity index (χ3v) is 4.37. The minimum atomic E-state index is -0.489. The maximum atomic E-state index is 10.3. The van der Waals surface area contributed by atoms with E-state index in [0.717, 1.165) is 37.3 Å². The quantitative estimate of drug-likeness (QED) is 0.573. The van der Waals surface area contributed by atoms with E-state index in [1.54, 1.807) is 0 Å². The van der Waals surface area contributed by atoms with Gasteiger partial charge >= 0.3 is 0 Å². The maximum absolute atomic E-state index is 10.3. The highest BCUT2D eigenvalue weighted by Crippen LogP contribution is 2.28. The molecule has 0 saturated carbocycles. The topological polar surface area (TPSA) is 55.3 Å². The van der Waals surface area contributed by atoms with Gasteiger partial charge in [-0.1, -0.05) is 54.6 Å². The van der Waals surface area contributed by atoms with Crippen LogP contribution in [0.3, 0.4) is 0 Å². The summed E-state index contributed by atoms with van der Waals surface area (Å²) >= 11 is 0. The van der Waals surface area contributed by atoms with Crippen molar-refractivity contribution >= 4 is 0 Å². The Bertz CT molecular complexity index is 618. The fourth-order valence-electron chi connectivity index (χ4n) is 2.93. The third-order valence-electron chi connectivity index (χ3n) is 4.37. The Morgan fingerprint density at radius 2 is 1.77 bits per heavy atom. The molecule has 0 radical (unpaired) electrons. The van der Waals surface area contributed by atoms with Crippen molar-refractivity contribution in [1.29, 1.82) is 0 Å². The van der Waals surface area contributed by atoms with Gasteiger partial charge in [-0.25, -0.2) is 0 Å². The summed E-state index contributed by atoms with van der Waals surface area (Å²) in [7, 11) is 0. The van der Waals surface area contributed by atoms with Crippen LogP contribution in [0.2, 0.25) is 0 Å². The summed E-state index contributed by atoms with van der Waals surface area (Å²) in [5.74, 6) is 0. The van der Waals surface area contributed by atoms with Crippen LogP contribution in [-0.4, -0.2) is 44.1 Å². The van der Waals surface area contributed by atoms with Crippen molar-refractivity contribution < 1.29 is 19.9 Å². The monoisotopic (exact) mass is 358 g/mol. The number of ether oxygens (including phenoxy) is 2. The largest absolute Gasteiger partial charge is 0.385 e. The Hall–Kier alpha value is -1.72. The predicted octanol–water partition coefficient (Wildman–Crippen LogP) is 2.45. The summed E-state index contributed by atoms with van der Waals surface area (Å²) in [5, 5.41) is 12.4. The van der Waals surface area contributed by atoms with Crippen molar-refractivity contribution in [2.24, 2.45) is 0 Å². The van der Waals surface area contributed by atoms with E-state index in [0.29, 0.717) is 13.2 Å². The lowest BCUT2D eigenvalue weighted by atomic mass is 9.97. The van der Waals surface area contributed by atoms with E-state index in [9.17, 15) is 5.11 Å². The highest BCUT2D eigenvalue weighted by molar-refractivity contribution is 5.35. The average Bonchev–Trinajstić information content (AvgIpc) is 2.67. The first-order valence-corrected chi connectivity index (χ1v) is 9.52. The summed E-state index contributed by atoms with van der Waals surface area (Å²) in [6.07, 6.45) is 0.347. The van der Waals surface area contributed by atoms with Crippen LogP contribution in [0.4, 0.5) is 0 Å². The van der Waals surface area contributed by atoms with Crippen LogP contribution >= 0.6 is 0 Å². The molecule has 2 atom stereocenters. The molecule has 0 aromatic heterocycles. The van der Waals surface area contributed by atoms with Gasteiger partial charge in [-0.15, -0.1) is 0 Å². The molecular formula is C22H32NO3+. The summed E-state index contributed by atoms with van der Waals surface area (Å²) in [4.78, 5) is 0. The molecule has 0 heterocycles. The second-order valence-corrected chi connectivity index (χ2v) is 6.50. The van der Waals surface area contributed by atoms with Crippen LogP contribution in [0.5, 0.6) is 0 Å². The summed E-state index contributed by atoms with van der Waals surface area (Å²) < 4.78 is 11.5. The highest BCUT2D eigenvalue weighted by Gasteiger charge is 2.18. The smallest absolute Gasteiger partial charge is 0.126 e. The van der Waals surface area contributed by atoms with Crippen molar-refractivity contribution in [1.82, 2.24) is 0 Å². The van der Waals surface area contributed by atoms with E-state index in [-0.39, 0.29) is 6.10 Å². The number of benzene rings is 2. The molecule has 2 rings (SSSR count). The number of hydrogen-bond donors (Lipinski definition) is 2. The molecule has 0 aliphatic rings. The first kappa shape index (κ1) is 20.6. The third kappa shape index (κ3) is 6.89. The molecule has 0 aliphatic carbocycles. The minimum Gasteiger partial charge on any atom is -0.385 e. The molecule has 26 heavy (non-hydrogen) atoms. The number of aliphatic hydroxyl groups excluding tert-OH is 1. The molecule has 0 amide bonds. The van der Waals surface area contributed by atoms with E-state index in [1.165, 1.54) is 5.56 Å². The van der Waals surface area contributed by atoms with Crippen LogP contribution < -0.4 is 5.32 Å². The second-order valence-electron chi connectivity index (χ2n) is 6.50. The highest BCUT2D eigenvalue weighted by atomic mass is 16.5. The van der Waals surface area contributed by atoms with Gasteiger partial charge < -0.3 is 19.9 Å². The number of quaternary nitrogens is 1. The minimum absolute atomic E-state index is 0.162. The van der Waals surface area contributed by atoms with E-state index in [1.807, 2.05) is 37.3 Å². The molecule has 3 N–H and O–H groups in total. The Kier molecular flexibility index (Phi) is 9.35. The SMILES string of the molecule is CCOCCC[NH2+]C[C@@H](O)CO[C@H](c1ccccc1)c1ccccc1C. The van der Waals surface area contributed by atoms with E-state index in [4.69, 9.17) is 9.47 Å². The van der Waals surface area contributed by atoms with Crippen molar-refractivity contribution in [3.05, 3.63) is 71.3 Å². The summed E-state index contributed by atoms with van der Waals surface area (Å²) in [6.45, 7) is 7.55. The molecule has 0 fully saturated rings. The van der Waals surface area contributed by atoms with Crippen LogP contribution in [0.15, 0.2) is 54.6 Å². The van der Waals surface area contributed by atoms with Gasteiger partial charge in [-0.2, -0.15) is 0 Å². The molecular weight excluding hydrogens is 326 g/mol. The Balaban J connectivity index is 1.89. The van der Waals surface area contributed by atoms with Gasteiger partial charge in [0.2, 0.25) is 0 Å². The Labute approximate surface area is 157 Å². The van der Waals surface area contributed by atoms with Crippen LogP contribution in [0.1, 0.15) is 36.1 Å². The predicted molar refractivity (Wildman–Crippen MR) is 104 cm³/mol.